The van der Waals surface area contributed by atoms with Crippen LogP contribution in [0, 0.1) is 0 Å². The minimum absolute atomic E-state index is 0.518. The first-order chi connectivity index (χ1) is 6.61. The minimum atomic E-state index is 0.518. The molecule has 0 aliphatic carbocycles. The van der Waals surface area contributed by atoms with Crippen molar-refractivity contribution < 1.29 is 9.57 Å². The average molecular weight is 195 g/mol. The summed E-state index contributed by atoms with van der Waals surface area (Å²) in [4.78, 5) is 4.63. The Balaban J connectivity index is 4.18. The second-order valence-electron chi connectivity index (χ2n) is 2.81. The smallest absolute Gasteiger partial charge is 0.106 e. The van der Waals surface area contributed by atoms with Gasteiger partial charge >= 0.3 is 0 Å². The molecule has 0 fully saturated rings. The number of nitrogens with zero attached hydrogens (tertiary/aromatic N) is 1. The summed E-state index contributed by atoms with van der Waals surface area (Å²) in [7, 11) is 3.13. The monoisotopic (exact) mass is 195 g/mol. The van der Waals surface area contributed by atoms with Gasteiger partial charge in [-0.25, -0.2) is 0 Å². The highest BCUT2D eigenvalue weighted by atomic mass is 16.6. The molecule has 14 heavy (non-hydrogen) atoms. The minimum Gasteiger partial charge on any atom is -0.399 e. The summed E-state index contributed by atoms with van der Waals surface area (Å²) in [6.45, 7) is 9.97. The van der Waals surface area contributed by atoms with Crippen LogP contribution in [0.1, 0.15) is 6.92 Å². The fourth-order valence-corrected chi connectivity index (χ4v) is 0.768. The number of hydrogen-bond donors (Lipinski definition) is 0. The molecule has 0 amide bonds. The number of hydrogen-bond acceptors (Lipinski definition) is 3. The van der Waals surface area contributed by atoms with E-state index < -0.39 is 0 Å². The van der Waals surface area contributed by atoms with E-state index in [0.717, 1.165) is 16.9 Å². The van der Waals surface area contributed by atoms with Crippen LogP contribution in [0.4, 0.5) is 0 Å². The van der Waals surface area contributed by atoms with Crippen molar-refractivity contribution >= 4 is 5.71 Å². The van der Waals surface area contributed by atoms with Crippen LogP contribution in [-0.2, 0) is 9.57 Å². The highest BCUT2D eigenvalue weighted by Gasteiger charge is 1.94. The van der Waals surface area contributed by atoms with Gasteiger partial charge in [0.15, 0.2) is 0 Å². The van der Waals surface area contributed by atoms with E-state index in [0.29, 0.717) is 6.61 Å². The molecule has 0 N–H and O–H groups in total. The molecular weight excluding hydrogens is 178 g/mol. The number of rotatable bonds is 6. The fourth-order valence-electron chi connectivity index (χ4n) is 0.768. The van der Waals surface area contributed by atoms with Crippen LogP contribution in [-0.4, -0.2) is 26.5 Å². The zero-order chi connectivity index (χ0) is 11.0. The van der Waals surface area contributed by atoms with Crippen LogP contribution < -0.4 is 0 Å². The van der Waals surface area contributed by atoms with Crippen LogP contribution in [0.5, 0.6) is 0 Å². The summed E-state index contributed by atoms with van der Waals surface area (Å²) in [5, 5.41) is 3.75. The first-order valence-corrected chi connectivity index (χ1v) is 4.23. The Labute approximate surface area is 85.4 Å². The molecule has 0 aromatic carbocycles. The quantitative estimate of drug-likeness (QED) is 0.370. The molecule has 3 nitrogen and oxygen atoms in total. The number of oxime groups is 1. The summed E-state index contributed by atoms with van der Waals surface area (Å²) in [6, 6.07) is 0. The van der Waals surface area contributed by atoms with Crippen molar-refractivity contribution in [1.82, 2.24) is 0 Å². The van der Waals surface area contributed by atoms with Crippen LogP contribution in [0.15, 0.2) is 41.6 Å². The van der Waals surface area contributed by atoms with Crippen molar-refractivity contribution in [2.75, 3.05) is 20.8 Å². The van der Waals surface area contributed by atoms with E-state index in [9.17, 15) is 0 Å². The maximum atomic E-state index is 4.91. The second-order valence-corrected chi connectivity index (χ2v) is 2.81. The van der Waals surface area contributed by atoms with Gasteiger partial charge in [0.05, 0.1) is 12.3 Å². The van der Waals surface area contributed by atoms with E-state index >= 15 is 0 Å². The zero-order valence-electron chi connectivity index (χ0n) is 9.04. The normalized spacial score (nSPS) is 11.8. The molecule has 0 spiro atoms. The Hall–Kier alpha value is -1.35. The molecule has 0 atom stereocenters. The van der Waals surface area contributed by atoms with Crippen molar-refractivity contribution in [3.05, 3.63) is 36.5 Å². The second kappa shape index (κ2) is 7.09. The number of allylic oxidation sites excluding steroid dienone is 2. The van der Waals surface area contributed by atoms with Crippen molar-refractivity contribution in [3.63, 3.8) is 0 Å². The van der Waals surface area contributed by atoms with Gasteiger partial charge in [-0.15, -0.1) is 0 Å². The Kier molecular flexibility index (Phi) is 6.41. The van der Waals surface area contributed by atoms with Crippen molar-refractivity contribution in [3.8, 4) is 0 Å². The van der Waals surface area contributed by atoms with Crippen LogP contribution in [0.25, 0.3) is 0 Å². The topological polar surface area (TPSA) is 30.8 Å². The highest BCUT2D eigenvalue weighted by molar-refractivity contribution is 5.99. The average Bonchev–Trinajstić information content (AvgIpc) is 2.15. The summed E-state index contributed by atoms with van der Waals surface area (Å²) in [6.07, 6.45) is 3.68. The number of methoxy groups -OCH3 is 1. The SMILES string of the molecule is C=C(/C=C\C(=C)/C(C)=N/OC)COC. The molecule has 0 radical (unpaired) electrons. The molecule has 0 bridgehead atoms. The van der Waals surface area contributed by atoms with Gasteiger partial charge in [-0.2, -0.15) is 0 Å². The number of ether oxygens (including phenoxy) is 1. The third kappa shape index (κ3) is 5.32. The molecule has 3 heteroatoms. The standard InChI is InChI=1S/C11H17NO2/c1-9(8-13-4)6-7-10(2)11(3)12-14-5/h6-7H,1-2,8H2,3-5H3/b7-6-,12-11+. The predicted molar refractivity (Wildman–Crippen MR) is 59.4 cm³/mol. The molecule has 0 rings (SSSR count). The molecule has 0 aliphatic heterocycles. The van der Waals surface area contributed by atoms with Gasteiger partial charge in [0, 0.05) is 7.11 Å². The largest absolute Gasteiger partial charge is 0.399 e. The molecule has 0 aromatic rings. The molecule has 0 saturated heterocycles. The summed E-state index contributed by atoms with van der Waals surface area (Å²) < 4.78 is 4.91. The maximum Gasteiger partial charge on any atom is 0.106 e. The van der Waals surface area contributed by atoms with Crippen molar-refractivity contribution in [1.29, 1.82) is 0 Å². The third-order valence-electron chi connectivity index (χ3n) is 1.54. The van der Waals surface area contributed by atoms with Gasteiger partial charge in [0.25, 0.3) is 0 Å². The van der Waals surface area contributed by atoms with Gasteiger partial charge < -0.3 is 9.57 Å². The predicted octanol–water partition coefficient (Wildman–Crippen LogP) is 2.32. The van der Waals surface area contributed by atoms with Gasteiger partial charge in [-0.05, 0) is 18.1 Å². The molecular formula is C11H17NO2. The molecule has 0 aromatic heterocycles. The highest BCUT2D eigenvalue weighted by Crippen LogP contribution is 2.01. The Morgan fingerprint density at radius 2 is 1.93 bits per heavy atom. The van der Waals surface area contributed by atoms with Gasteiger partial charge in [-0.3, -0.25) is 0 Å². The van der Waals surface area contributed by atoms with E-state index in [1.165, 1.54) is 7.11 Å². The zero-order valence-corrected chi connectivity index (χ0v) is 9.04. The summed E-state index contributed by atoms with van der Waals surface area (Å²) >= 11 is 0. The lowest BCUT2D eigenvalue weighted by atomic mass is 10.1. The lowest BCUT2D eigenvalue weighted by Crippen LogP contribution is -1.94. The summed E-state index contributed by atoms with van der Waals surface area (Å²) in [5.41, 5.74) is 2.43. The fraction of sp³-hybridized carbons (Fsp3) is 0.364. The molecule has 78 valence electrons. The van der Waals surface area contributed by atoms with E-state index in [-0.39, 0.29) is 0 Å². The van der Waals surface area contributed by atoms with E-state index in [1.807, 2.05) is 19.1 Å². The Bertz CT molecular complexity index is 264. The Morgan fingerprint density at radius 3 is 2.43 bits per heavy atom. The lowest BCUT2D eigenvalue weighted by Gasteiger charge is -1.99. The maximum absolute atomic E-state index is 4.91. The first kappa shape index (κ1) is 12.7. The molecule has 0 saturated carbocycles. The Morgan fingerprint density at radius 1 is 1.29 bits per heavy atom. The van der Waals surface area contributed by atoms with Gasteiger partial charge in [0.2, 0.25) is 0 Å². The first-order valence-electron chi connectivity index (χ1n) is 4.23. The lowest BCUT2D eigenvalue weighted by molar-refractivity contribution is 0.213. The van der Waals surface area contributed by atoms with Gasteiger partial charge in [-0.1, -0.05) is 30.5 Å². The van der Waals surface area contributed by atoms with Crippen LogP contribution in [0.3, 0.4) is 0 Å². The van der Waals surface area contributed by atoms with Crippen molar-refractivity contribution in [2.24, 2.45) is 5.16 Å². The van der Waals surface area contributed by atoms with E-state index in [1.54, 1.807) is 7.11 Å². The van der Waals surface area contributed by atoms with Crippen molar-refractivity contribution in [2.45, 2.75) is 6.92 Å². The summed E-state index contributed by atoms with van der Waals surface area (Å²) in [5.74, 6) is 0. The molecule has 0 heterocycles. The van der Waals surface area contributed by atoms with E-state index in [4.69, 9.17) is 4.74 Å². The van der Waals surface area contributed by atoms with Crippen LogP contribution >= 0.6 is 0 Å². The molecule has 0 aliphatic rings. The molecule has 0 unspecified atom stereocenters. The van der Waals surface area contributed by atoms with E-state index in [2.05, 4.69) is 23.2 Å². The third-order valence-corrected chi connectivity index (χ3v) is 1.54. The van der Waals surface area contributed by atoms with Crippen LogP contribution in [0.2, 0.25) is 0 Å². The van der Waals surface area contributed by atoms with Gasteiger partial charge in [0.1, 0.15) is 7.11 Å².